The number of carbonyl (C=O) groups excluding carboxylic acids is 1. The highest BCUT2D eigenvalue weighted by molar-refractivity contribution is 5.97. The van der Waals surface area contributed by atoms with Crippen LogP contribution in [-0.2, 0) is 19.8 Å². The second kappa shape index (κ2) is 6.32. The number of aromatic nitrogens is 2. The van der Waals surface area contributed by atoms with Crippen molar-refractivity contribution in [2.75, 3.05) is 0 Å². The van der Waals surface area contributed by atoms with Crippen molar-refractivity contribution >= 4 is 16.9 Å². The summed E-state index contributed by atoms with van der Waals surface area (Å²) in [5.41, 5.74) is -0.129. The highest BCUT2D eigenvalue weighted by Gasteiger charge is 2.33. The quantitative estimate of drug-likeness (QED) is 0.699. The van der Waals surface area contributed by atoms with E-state index in [0.29, 0.717) is 17.1 Å². The van der Waals surface area contributed by atoms with Crippen LogP contribution in [0.4, 0.5) is 17.6 Å². The van der Waals surface area contributed by atoms with Crippen LogP contribution in [0.1, 0.15) is 21.5 Å². The van der Waals surface area contributed by atoms with Crippen molar-refractivity contribution in [2.45, 2.75) is 12.7 Å². The average molecular weight is 367 g/mol. The van der Waals surface area contributed by atoms with Gasteiger partial charge in [0, 0.05) is 19.2 Å². The predicted octanol–water partition coefficient (Wildman–Crippen LogP) is 2.95. The van der Waals surface area contributed by atoms with Gasteiger partial charge >= 0.3 is 11.9 Å². The van der Waals surface area contributed by atoms with Crippen molar-refractivity contribution in [2.24, 2.45) is 7.05 Å². The molecule has 1 heterocycles. The van der Waals surface area contributed by atoms with Crippen LogP contribution in [0.5, 0.6) is 0 Å². The Morgan fingerprint density at radius 3 is 2.58 bits per heavy atom. The molecule has 0 radical (unpaired) electrons. The fourth-order valence-electron chi connectivity index (χ4n) is 2.56. The summed E-state index contributed by atoms with van der Waals surface area (Å²) in [6, 6.07) is 7.07. The molecule has 136 valence electrons. The topological polar surface area (TPSA) is 66.9 Å². The van der Waals surface area contributed by atoms with Gasteiger partial charge in [0.1, 0.15) is 5.82 Å². The first-order valence-corrected chi connectivity index (χ1v) is 7.49. The molecule has 9 heteroatoms. The number of benzene rings is 2. The summed E-state index contributed by atoms with van der Waals surface area (Å²) in [6.45, 7) is -0.142. The molecule has 0 aliphatic carbocycles. The lowest BCUT2D eigenvalue weighted by atomic mass is 10.1. The molecule has 0 spiro atoms. The van der Waals surface area contributed by atoms with Crippen LogP contribution >= 0.6 is 0 Å². The number of nitrogens with one attached hydrogen (secondary N) is 2. The van der Waals surface area contributed by atoms with E-state index in [4.69, 9.17) is 0 Å². The number of nitrogens with zero attached hydrogens (tertiary/aromatic N) is 1. The van der Waals surface area contributed by atoms with Crippen LogP contribution in [0.25, 0.3) is 11.0 Å². The molecular weight excluding hydrogens is 354 g/mol. The first kappa shape index (κ1) is 17.7. The third-order valence-electron chi connectivity index (χ3n) is 3.96. The van der Waals surface area contributed by atoms with Gasteiger partial charge in [0.2, 0.25) is 0 Å². The van der Waals surface area contributed by atoms with E-state index in [0.717, 1.165) is 12.1 Å². The lowest BCUT2D eigenvalue weighted by molar-refractivity contribution is -0.140. The molecule has 0 unspecified atom stereocenters. The minimum Gasteiger partial charge on any atom is -0.348 e. The van der Waals surface area contributed by atoms with Crippen LogP contribution in [0.2, 0.25) is 0 Å². The van der Waals surface area contributed by atoms with Gasteiger partial charge < -0.3 is 10.3 Å². The van der Waals surface area contributed by atoms with Gasteiger partial charge in [-0.1, -0.05) is 6.07 Å². The number of H-pyrrole nitrogens is 1. The molecule has 3 rings (SSSR count). The number of fused-ring (bicyclic) bond motifs is 1. The lowest BCUT2D eigenvalue weighted by Gasteiger charge is -2.10. The highest BCUT2D eigenvalue weighted by atomic mass is 19.4. The molecule has 0 fully saturated rings. The largest absolute Gasteiger partial charge is 0.419 e. The molecular formula is C17H13F4N3O2. The predicted molar refractivity (Wildman–Crippen MR) is 86.1 cm³/mol. The summed E-state index contributed by atoms with van der Waals surface area (Å²) in [7, 11) is 1.58. The molecule has 3 aromatic rings. The number of carbonyl (C=O) groups is 1. The smallest absolute Gasteiger partial charge is 0.348 e. The molecule has 0 saturated carbocycles. The maximum atomic E-state index is 13.5. The van der Waals surface area contributed by atoms with Gasteiger partial charge in [0.25, 0.3) is 5.91 Å². The monoisotopic (exact) mass is 367 g/mol. The Balaban J connectivity index is 1.75. The molecule has 5 nitrogen and oxygen atoms in total. The van der Waals surface area contributed by atoms with Gasteiger partial charge in [0.15, 0.2) is 0 Å². The van der Waals surface area contributed by atoms with Crippen LogP contribution in [-0.4, -0.2) is 15.5 Å². The summed E-state index contributed by atoms with van der Waals surface area (Å²) in [4.78, 5) is 26.3. The third kappa shape index (κ3) is 3.32. The maximum Gasteiger partial charge on any atom is 0.419 e. The van der Waals surface area contributed by atoms with Gasteiger partial charge in [-0.15, -0.1) is 0 Å². The summed E-state index contributed by atoms with van der Waals surface area (Å²) in [5.74, 6) is -1.90. The van der Waals surface area contributed by atoms with Crippen molar-refractivity contribution in [3.63, 3.8) is 0 Å². The molecule has 2 aromatic carbocycles. The van der Waals surface area contributed by atoms with Crippen molar-refractivity contribution in [1.82, 2.24) is 14.9 Å². The molecule has 1 aromatic heterocycles. The average Bonchev–Trinajstić information content (AvgIpc) is 2.85. The normalized spacial score (nSPS) is 11.7. The second-order valence-electron chi connectivity index (χ2n) is 5.72. The highest BCUT2D eigenvalue weighted by Crippen LogP contribution is 2.31. The second-order valence-corrected chi connectivity index (χ2v) is 5.72. The SMILES string of the molecule is Cn1c(=O)[nH]c2cc(C(=O)NCc3ccc(C(F)(F)F)c(F)c3)ccc21. The van der Waals surface area contributed by atoms with E-state index in [1.165, 1.54) is 16.7 Å². The Labute approximate surface area is 144 Å². The zero-order valence-corrected chi connectivity index (χ0v) is 13.4. The van der Waals surface area contributed by atoms with E-state index in [-0.39, 0.29) is 23.4 Å². The zero-order chi connectivity index (χ0) is 19.1. The van der Waals surface area contributed by atoms with Crippen molar-refractivity contribution < 1.29 is 22.4 Å². The van der Waals surface area contributed by atoms with Gasteiger partial charge in [-0.05, 0) is 35.9 Å². The minimum absolute atomic E-state index is 0.142. The maximum absolute atomic E-state index is 13.5. The number of imidazole rings is 1. The molecule has 0 saturated heterocycles. The minimum atomic E-state index is -4.77. The molecule has 0 aliphatic heterocycles. The van der Waals surface area contributed by atoms with E-state index in [2.05, 4.69) is 10.3 Å². The first-order chi connectivity index (χ1) is 12.2. The molecule has 0 aliphatic rings. The molecule has 26 heavy (non-hydrogen) atoms. The van der Waals surface area contributed by atoms with Crippen molar-refractivity contribution in [3.05, 3.63) is 69.4 Å². The number of aryl methyl sites for hydroxylation is 1. The number of rotatable bonds is 3. The van der Waals surface area contributed by atoms with Crippen LogP contribution < -0.4 is 11.0 Å². The number of halogens is 4. The fourth-order valence-corrected chi connectivity index (χ4v) is 2.56. The number of amides is 1. The Hall–Kier alpha value is -3.10. The summed E-state index contributed by atoms with van der Waals surface area (Å²) >= 11 is 0. The van der Waals surface area contributed by atoms with E-state index in [1.54, 1.807) is 13.1 Å². The van der Waals surface area contributed by atoms with Gasteiger partial charge in [-0.2, -0.15) is 13.2 Å². The molecule has 2 N–H and O–H groups in total. The Bertz CT molecular complexity index is 1050. The van der Waals surface area contributed by atoms with Gasteiger partial charge in [-0.25, -0.2) is 9.18 Å². The fraction of sp³-hybridized carbons (Fsp3) is 0.176. The standard InChI is InChI=1S/C17H13F4N3O2/c1-24-14-5-3-10(7-13(14)23-16(24)26)15(25)22-8-9-2-4-11(12(18)6-9)17(19,20)21/h2-7H,8H2,1H3,(H,22,25)(H,23,26). The first-order valence-electron chi connectivity index (χ1n) is 7.49. The van der Waals surface area contributed by atoms with E-state index in [1.807, 2.05) is 0 Å². The number of hydrogen-bond donors (Lipinski definition) is 2. The van der Waals surface area contributed by atoms with Crippen LogP contribution in [0.3, 0.4) is 0 Å². The summed E-state index contributed by atoms with van der Waals surface area (Å²) in [6.07, 6.45) is -4.77. The Morgan fingerprint density at radius 1 is 1.19 bits per heavy atom. The number of alkyl halides is 3. The Morgan fingerprint density at radius 2 is 1.92 bits per heavy atom. The van der Waals surface area contributed by atoms with E-state index >= 15 is 0 Å². The van der Waals surface area contributed by atoms with Gasteiger partial charge in [-0.3, -0.25) is 9.36 Å². The number of aromatic amines is 1. The van der Waals surface area contributed by atoms with Crippen LogP contribution in [0.15, 0.2) is 41.2 Å². The Kier molecular flexibility index (Phi) is 4.31. The summed E-state index contributed by atoms with van der Waals surface area (Å²) < 4.78 is 52.5. The van der Waals surface area contributed by atoms with Crippen LogP contribution in [0, 0.1) is 5.82 Å². The van der Waals surface area contributed by atoms with Crippen molar-refractivity contribution in [1.29, 1.82) is 0 Å². The zero-order valence-electron chi connectivity index (χ0n) is 13.4. The third-order valence-corrected chi connectivity index (χ3v) is 3.96. The molecule has 0 bridgehead atoms. The summed E-state index contributed by atoms with van der Waals surface area (Å²) in [5, 5.41) is 2.50. The molecule has 1 amide bonds. The molecule has 0 atom stereocenters. The van der Waals surface area contributed by atoms with Gasteiger partial charge in [0.05, 0.1) is 16.6 Å². The van der Waals surface area contributed by atoms with E-state index in [9.17, 15) is 27.2 Å². The lowest BCUT2D eigenvalue weighted by Crippen LogP contribution is -2.23. The van der Waals surface area contributed by atoms with Crippen molar-refractivity contribution in [3.8, 4) is 0 Å². The van der Waals surface area contributed by atoms with E-state index < -0.39 is 23.5 Å². The number of hydrogen-bond acceptors (Lipinski definition) is 2.